The third kappa shape index (κ3) is 2.76. The third-order valence-electron chi connectivity index (χ3n) is 4.39. The summed E-state index contributed by atoms with van der Waals surface area (Å²) < 4.78 is 0. The number of aromatic carboxylic acids is 1. The van der Waals surface area contributed by atoms with Crippen LogP contribution in [-0.2, 0) is 0 Å². The van der Waals surface area contributed by atoms with Gasteiger partial charge in [-0.25, -0.2) is 4.79 Å². The molecule has 0 unspecified atom stereocenters. The second-order valence-electron chi connectivity index (χ2n) is 5.80. The molecule has 1 fully saturated rings. The Morgan fingerprint density at radius 3 is 2.40 bits per heavy atom. The minimum atomic E-state index is -0.993. The largest absolute Gasteiger partial charge is 0.478 e. The summed E-state index contributed by atoms with van der Waals surface area (Å²) in [7, 11) is 6.26. The van der Waals surface area contributed by atoms with Crippen molar-refractivity contribution in [2.45, 2.75) is 24.8 Å². The Balaban J connectivity index is 2.15. The number of likely N-dealkylation sites (N-methyl/N-ethyl adjacent to an activating group) is 2. The van der Waals surface area contributed by atoms with E-state index in [9.17, 15) is 4.79 Å². The molecule has 2 rings (SSSR count). The molecule has 0 atom stereocenters. The Morgan fingerprint density at radius 1 is 1.35 bits per heavy atom. The van der Waals surface area contributed by atoms with Crippen LogP contribution in [0.15, 0.2) is 18.2 Å². The lowest BCUT2D eigenvalue weighted by atomic mass is 9.75. The summed E-state index contributed by atoms with van der Waals surface area (Å²) >= 11 is 6.03. The molecule has 1 aliphatic rings. The predicted molar refractivity (Wildman–Crippen MR) is 82.0 cm³/mol. The number of hydrogen-bond acceptors (Lipinski definition) is 3. The van der Waals surface area contributed by atoms with Crippen molar-refractivity contribution in [1.82, 2.24) is 4.90 Å². The van der Waals surface area contributed by atoms with Crippen molar-refractivity contribution in [3.63, 3.8) is 0 Å². The summed E-state index contributed by atoms with van der Waals surface area (Å²) in [4.78, 5) is 15.4. The lowest BCUT2D eigenvalue weighted by Crippen LogP contribution is -2.56. The molecule has 0 amide bonds. The minimum Gasteiger partial charge on any atom is -0.478 e. The van der Waals surface area contributed by atoms with Crippen molar-refractivity contribution in [2.75, 3.05) is 32.6 Å². The first-order valence-corrected chi connectivity index (χ1v) is 7.15. The summed E-state index contributed by atoms with van der Waals surface area (Å²) in [6.07, 6.45) is 3.67. The van der Waals surface area contributed by atoms with E-state index in [4.69, 9.17) is 16.7 Å². The SMILES string of the molecule is CN(CC1(N(C)C)CCC1)c1ccc(C(=O)O)c(Cl)c1. The maximum atomic E-state index is 11.0. The number of carbonyl (C=O) groups is 1. The fourth-order valence-corrected chi connectivity index (χ4v) is 3.03. The van der Waals surface area contributed by atoms with Crippen molar-refractivity contribution < 1.29 is 9.90 Å². The van der Waals surface area contributed by atoms with E-state index < -0.39 is 5.97 Å². The fraction of sp³-hybridized carbons (Fsp3) is 0.533. The summed E-state index contributed by atoms with van der Waals surface area (Å²) in [6.45, 7) is 0.919. The molecule has 110 valence electrons. The van der Waals surface area contributed by atoms with Gasteiger partial charge in [-0.3, -0.25) is 0 Å². The fourth-order valence-electron chi connectivity index (χ4n) is 2.78. The Bertz CT molecular complexity index is 513. The Morgan fingerprint density at radius 2 is 2.00 bits per heavy atom. The maximum absolute atomic E-state index is 11.0. The average Bonchev–Trinajstić information content (AvgIpc) is 2.32. The highest BCUT2D eigenvalue weighted by Gasteiger charge is 2.39. The van der Waals surface area contributed by atoms with Crippen molar-refractivity contribution in [3.8, 4) is 0 Å². The van der Waals surface area contributed by atoms with Crippen LogP contribution in [-0.4, -0.2) is 49.2 Å². The predicted octanol–water partition coefficient (Wildman–Crippen LogP) is 2.96. The molecule has 1 aromatic rings. The van der Waals surface area contributed by atoms with Gasteiger partial charge in [0.1, 0.15) is 0 Å². The van der Waals surface area contributed by atoms with Crippen LogP contribution >= 0.6 is 11.6 Å². The monoisotopic (exact) mass is 296 g/mol. The highest BCUT2D eigenvalue weighted by molar-refractivity contribution is 6.33. The molecule has 0 heterocycles. The summed E-state index contributed by atoms with van der Waals surface area (Å²) in [6, 6.07) is 5.12. The van der Waals surface area contributed by atoms with Gasteiger partial charge in [0, 0.05) is 24.8 Å². The molecule has 20 heavy (non-hydrogen) atoms. The van der Waals surface area contributed by atoms with Crippen LogP contribution in [0.3, 0.4) is 0 Å². The van der Waals surface area contributed by atoms with Crippen LogP contribution < -0.4 is 4.90 Å². The molecule has 0 spiro atoms. The first kappa shape index (κ1) is 15.1. The molecule has 1 aromatic carbocycles. The van der Waals surface area contributed by atoms with Crippen molar-refractivity contribution in [3.05, 3.63) is 28.8 Å². The van der Waals surface area contributed by atoms with Gasteiger partial charge < -0.3 is 14.9 Å². The van der Waals surface area contributed by atoms with Crippen LogP contribution in [0.1, 0.15) is 29.6 Å². The smallest absolute Gasteiger partial charge is 0.337 e. The van der Waals surface area contributed by atoms with Crippen molar-refractivity contribution >= 4 is 23.3 Å². The Labute approximate surface area is 124 Å². The number of anilines is 1. The van der Waals surface area contributed by atoms with Gasteiger partial charge in [-0.2, -0.15) is 0 Å². The van der Waals surface area contributed by atoms with E-state index in [-0.39, 0.29) is 16.1 Å². The highest BCUT2D eigenvalue weighted by Crippen LogP contribution is 2.37. The van der Waals surface area contributed by atoms with E-state index >= 15 is 0 Å². The van der Waals surface area contributed by atoms with Crippen LogP contribution in [0, 0.1) is 0 Å². The zero-order chi connectivity index (χ0) is 14.9. The van der Waals surface area contributed by atoms with E-state index in [0.29, 0.717) is 0 Å². The second-order valence-corrected chi connectivity index (χ2v) is 6.20. The highest BCUT2D eigenvalue weighted by atomic mass is 35.5. The van der Waals surface area contributed by atoms with Crippen LogP contribution in [0.4, 0.5) is 5.69 Å². The van der Waals surface area contributed by atoms with Gasteiger partial charge in [0.15, 0.2) is 0 Å². The number of rotatable bonds is 5. The van der Waals surface area contributed by atoms with E-state index in [1.54, 1.807) is 12.1 Å². The van der Waals surface area contributed by atoms with Crippen molar-refractivity contribution in [1.29, 1.82) is 0 Å². The first-order chi connectivity index (χ1) is 9.35. The second kappa shape index (κ2) is 5.62. The Kier molecular flexibility index (Phi) is 4.25. The molecular weight excluding hydrogens is 276 g/mol. The number of halogens is 1. The summed E-state index contributed by atoms with van der Waals surface area (Å²) in [5, 5.41) is 9.28. The lowest BCUT2D eigenvalue weighted by molar-refractivity contribution is 0.0682. The molecule has 1 N–H and O–H groups in total. The standard InChI is InChI=1S/C15H21ClN2O2/c1-17(2)15(7-4-8-15)10-18(3)11-5-6-12(14(19)20)13(16)9-11/h5-6,9H,4,7-8,10H2,1-3H3,(H,19,20). The molecule has 0 aliphatic heterocycles. The molecule has 5 heteroatoms. The molecule has 0 radical (unpaired) electrons. The normalized spacial score (nSPS) is 16.9. The zero-order valence-corrected chi connectivity index (χ0v) is 12.9. The van der Waals surface area contributed by atoms with E-state index in [1.165, 1.54) is 19.3 Å². The first-order valence-electron chi connectivity index (χ1n) is 6.77. The number of benzene rings is 1. The van der Waals surface area contributed by atoms with Crippen LogP contribution in [0.25, 0.3) is 0 Å². The van der Waals surface area contributed by atoms with Gasteiger partial charge in [0.2, 0.25) is 0 Å². The molecule has 0 aromatic heterocycles. The minimum absolute atomic E-state index is 0.148. The van der Waals surface area contributed by atoms with Crippen molar-refractivity contribution in [2.24, 2.45) is 0 Å². The van der Waals surface area contributed by atoms with Gasteiger partial charge in [-0.05, 0) is 51.6 Å². The number of hydrogen-bond donors (Lipinski definition) is 1. The molecule has 0 bridgehead atoms. The van der Waals surface area contributed by atoms with Gasteiger partial charge in [-0.15, -0.1) is 0 Å². The molecule has 1 aliphatic carbocycles. The summed E-state index contributed by atoms with van der Waals surface area (Å²) in [5.41, 5.74) is 1.33. The lowest BCUT2D eigenvalue weighted by Gasteiger charge is -2.49. The maximum Gasteiger partial charge on any atom is 0.337 e. The molecule has 1 saturated carbocycles. The number of nitrogens with zero attached hydrogens (tertiary/aromatic N) is 2. The Hall–Kier alpha value is -1.26. The van der Waals surface area contributed by atoms with E-state index in [2.05, 4.69) is 23.9 Å². The topological polar surface area (TPSA) is 43.8 Å². The average molecular weight is 297 g/mol. The van der Waals surface area contributed by atoms with Gasteiger partial charge >= 0.3 is 5.97 Å². The molecule has 4 nitrogen and oxygen atoms in total. The quantitative estimate of drug-likeness (QED) is 0.907. The molecule has 0 saturated heterocycles. The number of carboxylic acids is 1. The van der Waals surface area contributed by atoms with Gasteiger partial charge in [0.05, 0.1) is 10.6 Å². The van der Waals surface area contributed by atoms with E-state index in [0.717, 1.165) is 12.2 Å². The summed E-state index contributed by atoms with van der Waals surface area (Å²) in [5.74, 6) is -0.993. The van der Waals surface area contributed by atoms with Gasteiger partial charge in [0.25, 0.3) is 0 Å². The van der Waals surface area contributed by atoms with E-state index in [1.807, 2.05) is 13.1 Å². The number of carboxylic acid groups (broad SMARTS) is 1. The van der Waals surface area contributed by atoms with Crippen LogP contribution in [0.2, 0.25) is 5.02 Å². The zero-order valence-electron chi connectivity index (χ0n) is 12.2. The molecular formula is C15H21ClN2O2. The van der Waals surface area contributed by atoms with Crippen LogP contribution in [0.5, 0.6) is 0 Å². The van der Waals surface area contributed by atoms with Gasteiger partial charge in [-0.1, -0.05) is 11.6 Å². The third-order valence-corrected chi connectivity index (χ3v) is 4.70.